The molecule has 4 nitrogen and oxygen atoms in total. The van der Waals surface area contributed by atoms with Crippen LogP contribution < -0.4 is 5.32 Å². The van der Waals surface area contributed by atoms with E-state index in [1.54, 1.807) is 5.06 Å². The van der Waals surface area contributed by atoms with Crippen molar-refractivity contribution in [3.05, 3.63) is 0 Å². The molecule has 57 valence electrons. The maximum absolute atomic E-state index is 9.81. The second-order valence-electron chi connectivity index (χ2n) is 2.37. The minimum Gasteiger partial charge on any atom is -0.359 e. The van der Waals surface area contributed by atoms with Crippen molar-refractivity contribution < 1.29 is 9.63 Å². The van der Waals surface area contributed by atoms with Gasteiger partial charge in [0, 0.05) is 19.6 Å². The predicted octanol–water partition coefficient (Wildman–Crippen LogP) is -0.721. The average Bonchev–Trinajstić information content (AvgIpc) is 1.94. The summed E-state index contributed by atoms with van der Waals surface area (Å²) >= 11 is 0. The molecule has 0 aromatic rings. The lowest BCUT2D eigenvalue weighted by Crippen LogP contribution is -2.49. The highest BCUT2D eigenvalue weighted by atomic mass is 16.7. The molecular weight excluding hydrogens is 132 g/mol. The average molecular weight is 143 g/mol. The number of hydroxylamine groups is 2. The van der Waals surface area contributed by atoms with E-state index in [2.05, 4.69) is 10.2 Å². The van der Waals surface area contributed by atoms with Gasteiger partial charge in [-0.2, -0.15) is 0 Å². The van der Waals surface area contributed by atoms with Crippen LogP contribution in [0.4, 0.5) is 0 Å². The van der Waals surface area contributed by atoms with Gasteiger partial charge in [-0.3, -0.25) is 0 Å². The maximum Gasteiger partial charge on any atom is 0.438 e. The number of nitrogens with zero attached hydrogens (tertiary/aromatic N) is 1. The Morgan fingerprint density at radius 3 is 3.20 bits per heavy atom. The maximum atomic E-state index is 9.81. The first-order chi connectivity index (χ1) is 4.84. The van der Waals surface area contributed by atoms with Gasteiger partial charge in [0.25, 0.3) is 0 Å². The summed E-state index contributed by atoms with van der Waals surface area (Å²) in [7, 11) is 0. The zero-order valence-electron chi connectivity index (χ0n) is 5.96. The molecule has 0 amide bonds. The van der Waals surface area contributed by atoms with Gasteiger partial charge in [0.05, 0.1) is 6.04 Å². The molecule has 1 saturated heterocycles. The van der Waals surface area contributed by atoms with Gasteiger partial charge in [-0.05, 0) is 6.92 Å². The molecule has 0 saturated carbocycles. The normalized spacial score (nSPS) is 27.9. The summed E-state index contributed by atoms with van der Waals surface area (Å²) in [5.41, 5.74) is 0. The molecule has 0 aromatic heterocycles. The number of hydrogen-bond donors (Lipinski definition) is 1. The van der Waals surface area contributed by atoms with Gasteiger partial charge < -0.3 is 10.2 Å². The van der Waals surface area contributed by atoms with Gasteiger partial charge in [0.15, 0.2) is 0 Å². The highest BCUT2D eigenvalue weighted by molar-refractivity contribution is 5.37. The zero-order valence-corrected chi connectivity index (χ0v) is 5.96. The quantitative estimate of drug-likeness (QED) is 0.554. The summed E-state index contributed by atoms with van der Waals surface area (Å²) in [6.07, 6.45) is 0. The minimum atomic E-state index is 0.259. The summed E-state index contributed by atoms with van der Waals surface area (Å²) in [5, 5.41) is 4.80. The van der Waals surface area contributed by atoms with Gasteiger partial charge in [-0.15, -0.1) is 5.06 Å². The number of rotatable bonds is 2. The smallest absolute Gasteiger partial charge is 0.359 e. The number of piperazine rings is 1. The predicted molar refractivity (Wildman–Crippen MR) is 35.8 cm³/mol. The SMILES string of the molecule is CC1CNCCN1O[C]=O. The van der Waals surface area contributed by atoms with Crippen molar-refractivity contribution >= 4 is 6.47 Å². The Morgan fingerprint density at radius 2 is 2.60 bits per heavy atom. The third-order valence-corrected chi connectivity index (χ3v) is 1.59. The lowest BCUT2D eigenvalue weighted by Gasteiger charge is -2.29. The van der Waals surface area contributed by atoms with Crippen LogP contribution in [-0.2, 0) is 9.63 Å². The molecule has 1 N–H and O–H groups in total. The molecule has 4 heteroatoms. The molecule has 0 aliphatic carbocycles. The van der Waals surface area contributed by atoms with Gasteiger partial charge >= 0.3 is 6.47 Å². The van der Waals surface area contributed by atoms with E-state index in [4.69, 9.17) is 0 Å². The standard InChI is InChI=1S/C6H11N2O2/c1-6-4-7-2-3-8(6)10-5-9/h6-7H,2-4H2,1H3. The topological polar surface area (TPSA) is 41.6 Å². The van der Waals surface area contributed by atoms with E-state index < -0.39 is 0 Å². The largest absolute Gasteiger partial charge is 0.438 e. The number of nitrogens with one attached hydrogen (secondary N) is 1. The molecule has 0 bridgehead atoms. The molecule has 1 atom stereocenters. The Labute approximate surface area is 60.1 Å². The first kappa shape index (κ1) is 7.50. The van der Waals surface area contributed by atoms with Crippen LogP contribution in [0.1, 0.15) is 6.92 Å². The lowest BCUT2D eigenvalue weighted by atomic mass is 10.3. The van der Waals surface area contributed by atoms with Crippen LogP contribution in [0.2, 0.25) is 0 Å². The third kappa shape index (κ3) is 1.68. The molecule has 0 spiro atoms. The molecule has 1 aliphatic heterocycles. The van der Waals surface area contributed by atoms with Crippen LogP contribution in [0.3, 0.4) is 0 Å². The lowest BCUT2D eigenvalue weighted by molar-refractivity contribution is -0.114. The van der Waals surface area contributed by atoms with Crippen molar-refractivity contribution in [2.75, 3.05) is 19.6 Å². The highest BCUT2D eigenvalue weighted by Crippen LogP contribution is 2.00. The second-order valence-corrected chi connectivity index (χ2v) is 2.37. The zero-order chi connectivity index (χ0) is 7.40. The van der Waals surface area contributed by atoms with E-state index in [0.717, 1.165) is 19.6 Å². The summed E-state index contributed by atoms with van der Waals surface area (Å²) in [4.78, 5) is 14.4. The number of hydrogen-bond acceptors (Lipinski definition) is 4. The van der Waals surface area contributed by atoms with Crippen molar-refractivity contribution in [3.8, 4) is 0 Å². The van der Waals surface area contributed by atoms with Gasteiger partial charge in [-0.25, -0.2) is 4.79 Å². The first-order valence-corrected chi connectivity index (χ1v) is 3.36. The molecular formula is C6H11N2O2. The van der Waals surface area contributed by atoms with Crippen LogP contribution in [0.25, 0.3) is 0 Å². The van der Waals surface area contributed by atoms with Crippen molar-refractivity contribution in [2.45, 2.75) is 13.0 Å². The van der Waals surface area contributed by atoms with E-state index in [1.165, 1.54) is 6.47 Å². The van der Waals surface area contributed by atoms with E-state index in [1.807, 2.05) is 6.92 Å². The summed E-state index contributed by atoms with van der Waals surface area (Å²) in [6.45, 7) is 5.88. The fraction of sp³-hybridized carbons (Fsp3) is 0.833. The Bertz CT molecular complexity index is 118. The molecule has 1 radical (unpaired) electrons. The Balaban J connectivity index is 2.32. The van der Waals surface area contributed by atoms with E-state index in [9.17, 15) is 4.79 Å². The van der Waals surface area contributed by atoms with Gasteiger partial charge in [0.1, 0.15) is 0 Å². The second kappa shape index (κ2) is 3.53. The van der Waals surface area contributed by atoms with E-state index >= 15 is 0 Å². The van der Waals surface area contributed by atoms with E-state index in [-0.39, 0.29) is 6.04 Å². The molecule has 1 heterocycles. The van der Waals surface area contributed by atoms with Crippen LogP contribution in [0.5, 0.6) is 0 Å². The molecule has 1 unspecified atom stereocenters. The Kier molecular flexibility index (Phi) is 2.65. The molecule has 1 fully saturated rings. The summed E-state index contributed by atoms with van der Waals surface area (Å²) in [5.74, 6) is 0. The summed E-state index contributed by atoms with van der Waals surface area (Å²) < 4.78 is 0. The van der Waals surface area contributed by atoms with Crippen molar-refractivity contribution in [1.29, 1.82) is 0 Å². The fourth-order valence-electron chi connectivity index (χ4n) is 1.01. The van der Waals surface area contributed by atoms with Crippen LogP contribution >= 0.6 is 0 Å². The summed E-state index contributed by atoms with van der Waals surface area (Å²) in [6, 6.07) is 0.259. The van der Waals surface area contributed by atoms with Crippen LogP contribution in [-0.4, -0.2) is 37.2 Å². The molecule has 10 heavy (non-hydrogen) atoms. The third-order valence-electron chi connectivity index (χ3n) is 1.59. The number of carbonyl (C=O) groups excluding carboxylic acids is 1. The Hall–Kier alpha value is -0.610. The molecule has 1 rings (SSSR count). The van der Waals surface area contributed by atoms with Crippen LogP contribution in [0, 0.1) is 0 Å². The molecule has 0 aromatic carbocycles. The van der Waals surface area contributed by atoms with Crippen molar-refractivity contribution in [2.24, 2.45) is 0 Å². The first-order valence-electron chi connectivity index (χ1n) is 3.36. The minimum absolute atomic E-state index is 0.259. The van der Waals surface area contributed by atoms with Crippen molar-refractivity contribution in [1.82, 2.24) is 10.4 Å². The van der Waals surface area contributed by atoms with Gasteiger partial charge in [-0.1, -0.05) is 0 Å². The Morgan fingerprint density at radius 1 is 1.80 bits per heavy atom. The van der Waals surface area contributed by atoms with E-state index in [0.29, 0.717) is 0 Å². The van der Waals surface area contributed by atoms with Crippen LogP contribution in [0.15, 0.2) is 0 Å². The molecule has 1 aliphatic rings. The fourth-order valence-corrected chi connectivity index (χ4v) is 1.01. The van der Waals surface area contributed by atoms with Crippen molar-refractivity contribution in [3.63, 3.8) is 0 Å². The highest BCUT2D eigenvalue weighted by Gasteiger charge is 2.18. The van der Waals surface area contributed by atoms with Gasteiger partial charge in [0.2, 0.25) is 0 Å². The monoisotopic (exact) mass is 143 g/mol.